The first-order chi connectivity index (χ1) is 7.97. The summed E-state index contributed by atoms with van der Waals surface area (Å²) in [5.41, 5.74) is 0.321. The fourth-order valence-corrected chi connectivity index (χ4v) is 1.76. The number of carboxylic acids is 1. The maximum Gasteiger partial charge on any atom is 0.319 e. The SMILES string of the molecule is Cc1noc(C)c1CNC(=O)C1(C(=O)O)CC1. The van der Waals surface area contributed by atoms with Crippen LogP contribution in [0.2, 0.25) is 0 Å². The van der Waals surface area contributed by atoms with Crippen molar-refractivity contribution in [3.63, 3.8) is 0 Å². The first-order valence-corrected chi connectivity index (χ1v) is 5.41. The zero-order chi connectivity index (χ0) is 12.6. The largest absolute Gasteiger partial charge is 0.480 e. The van der Waals surface area contributed by atoms with E-state index in [2.05, 4.69) is 10.5 Å². The lowest BCUT2D eigenvalue weighted by atomic mass is 10.1. The van der Waals surface area contributed by atoms with Crippen LogP contribution in [-0.4, -0.2) is 22.1 Å². The predicted molar refractivity (Wildman–Crippen MR) is 57.1 cm³/mol. The smallest absolute Gasteiger partial charge is 0.319 e. The third-order valence-electron chi connectivity index (χ3n) is 3.20. The molecule has 1 saturated carbocycles. The number of aromatic nitrogens is 1. The summed E-state index contributed by atoms with van der Waals surface area (Å²) in [5.74, 6) is -0.832. The van der Waals surface area contributed by atoms with E-state index in [4.69, 9.17) is 9.63 Å². The number of hydrogen-bond acceptors (Lipinski definition) is 4. The molecule has 1 aliphatic rings. The van der Waals surface area contributed by atoms with Gasteiger partial charge in [-0.05, 0) is 26.7 Å². The summed E-state index contributed by atoms with van der Waals surface area (Å²) < 4.78 is 4.96. The van der Waals surface area contributed by atoms with Gasteiger partial charge >= 0.3 is 5.97 Å². The van der Waals surface area contributed by atoms with Crippen molar-refractivity contribution in [3.05, 3.63) is 17.0 Å². The summed E-state index contributed by atoms with van der Waals surface area (Å²) in [5, 5.41) is 15.3. The van der Waals surface area contributed by atoms with Gasteiger partial charge in [0, 0.05) is 12.1 Å². The Morgan fingerprint density at radius 2 is 2.12 bits per heavy atom. The average molecular weight is 238 g/mol. The third-order valence-corrected chi connectivity index (χ3v) is 3.20. The van der Waals surface area contributed by atoms with Gasteiger partial charge in [0.15, 0.2) is 0 Å². The Hall–Kier alpha value is -1.85. The van der Waals surface area contributed by atoms with Gasteiger partial charge in [-0.1, -0.05) is 5.16 Å². The van der Waals surface area contributed by atoms with E-state index in [0.717, 1.165) is 5.56 Å². The summed E-state index contributed by atoms with van der Waals surface area (Å²) in [6, 6.07) is 0. The van der Waals surface area contributed by atoms with Crippen LogP contribution in [0, 0.1) is 19.3 Å². The molecule has 6 heteroatoms. The van der Waals surface area contributed by atoms with Crippen LogP contribution in [0.1, 0.15) is 29.9 Å². The number of amides is 1. The second-order valence-electron chi connectivity index (χ2n) is 4.37. The monoisotopic (exact) mass is 238 g/mol. The number of aliphatic carboxylic acids is 1. The number of carbonyl (C=O) groups excluding carboxylic acids is 1. The Morgan fingerprint density at radius 3 is 2.53 bits per heavy atom. The lowest BCUT2D eigenvalue weighted by Gasteiger charge is -2.10. The minimum absolute atomic E-state index is 0.259. The van der Waals surface area contributed by atoms with Gasteiger partial charge in [0.1, 0.15) is 11.2 Å². The van der Waals surface area contributed by atoms with Crippen LogP contribution in [-0.2, 0) is 16.1 Å². The normalized spacial score (nSPS) is 16.6. The molecule has 0 bridgehead atoms. The molecule has 0 radical (unpaired) electrons. The molecule has 1 aliphatic carbocycles. The topological polar surface area (TPSA) is 92.4 Å². The van der Waals surface area contributed by atoms with E-state index in [9.17, 15) is 9.59 Å². The average Bonchev–Trinajstić information content (AvgIpc) is 3.02. The highest BCUT2D eigenvalue weighted by Gasteiger charge is 2.56. The highest BCUT2D eigenvalue weighted by Crippen LogP contribution is 2.46. The van der Waals surface area contributed by atoms with Crippen LogP contribution in [0.15, 0.2) is 4.52 Å². The number of nitrogens with one attached hydrogen (secondary N) is 1. The molecular weight excluding hydrogens is 224 g/mol. The van der Waals surface area contributed by atoms with E-state index >= 15 is 0 Å². The van der Waals surface area contributed by atoms with Gasteiger partial charge in [-0.2, -0.15) is 0 Å². The summed E-state index contributed by atoms with van der Waals surface area (Å²) in [4.78, 5) is 22.7. The maximum atomic E-state index is 11.7. The molecule has 0 atom stereocenters. The van der Waals surface area contributed by atoms with Crippen molar-refractivity contribution in [3.8, 4) is 0 Å². The minimum atomic E-state index is -1.20. The van der Waals surface area contributed by atoms with Crippen molar-refractivity contribution >= 4 is 11.9 Å². The second kappa shape index (κ2) is 3.87. The fraction of sp³-hybridized carbons (Fsp3) is 0.545. The lowest BCUT2D eigenvalue weighted by Crippen LogP contribution is -2.36. The Morgan fingerprint density at radius 1 is 1.47 bits per heavy atom. The number of rotatable bonds is 4. The minimum Gasteiger partial charge on any atom is -0.480 e. The van der Waals surface area contributed by atoms with E-state index in [1.54, 1.807) is 13.8 Å². The van der Waals surface area contributed by atoms with Gasteiger partial charge in [-0.25, -0.2) is 0 Å². The second-order valence-corrected chi connectivity index (χ2v) is 4.37. The van der Waals surface area contributed by atoms with E-state index < -0.39 is 17.3 Å². The first-order valence-electron chi connectivity index (χ1n) is 5.41. The molecule has 0 aliphatic heterocycles. The standard InChI is InChI=1S/C11H14N2O4/c1-6-8(7(2)17-13-6)5-12-9(14)11(3-4-11)10(15)16/h3-5H2,1-2H3,(H,12,14)(H,15,16). The molecule has 0 saturated heterocycles. The lowest BCUT2D eigenvalue weighted by molar-refractivity contribution is -0.149. The number of carbonyl (C=O) groups is 2. The number of nitrogens with zero attached hydrogens (tertiary/aromatic N) is 1. The number of aryl methyl sites for hydroxylation is 2. The molecule has 1 amide bonds. The molecular formula is C11H14N2O4. The predicted octanol–water partition coefficient (Wildman–Crippen LogP) is 0.772. The van der Waals surface area contributed by atoms with Crippen LogP contribution in [0.4, 0.5) is 0 Å². The number of hydrogen-bond donors (Lipinski definition) is 2. The summed E-state index contributed by atoms with van der Waals surface area (Å²) >= 11 is 0. The molecule has 6 nitrogen and oxygen atoms in total. The molecule has 0 spiro atoms. The Kier molecular flexibility index (Phi) is 2.65. The summed E-state index contributed by atoms with van der Waals surface area (Å²) in [6.45, 7) is 3.79. The van der Waals surface area contributed by atoms with Crippen molar-refractivity contribution in [1.82, 2.24) is 10.5 Å². The van der Waals surface area contributed by atoms with Gasteiger partial charge in [0.2, 0.25) is 5.91 Å². The molecule has 92 valence electrons. The third kappa shape index (κ3) is 1.90. The molecule has 1 aromatic heterocycles. The van der Waals surface area contributed by atoms with Crippen molar-refractivity contribution in [1.29, 1.82) is 0 Å². The Labute approximate surface area is 98.0 Å². The maximum absolute atomic E-state index is 11.7. The molecule has 1 heterocycles. The zero-order valence-electron chi connectivity index (χ0n) is 9.74. The Bertz CT molecular complexity index is 454. The highest BCUT2D eigenvalue weighted by atomic mass is 16.5. The van der Waals surface area contributed by atoms with Crippen molar-refractivity contribution in [2.24, 2.45) is 5.41 Å². The van der Waals surface area contributed by atoms with Gasteiger partial charge in [-0.15, -0.1) is 0 Å². The molecule has 2 rings (SSSR count). The van der Waals surface area contributed by atoms with Crippen molar-refractivity contribution in [2.45, 2.75) is 33.2 Å². The summed E-state index contributed by atoms with van der Waals surface area (Å²) in [7, 11) is 0. The van der Waals surface area contributed by atoms with E-state index in [1.807, 2.05) is 0 Å². The molecule has 17 heavy (non-hydrogen) atoms. The summed E-state index contributed by atoms with van der Waals surface area (Å²) in [6.07, 6.45) is 0.825. The molecule has 1 fully saturated rings. The van der Waals surface area contributed by atoms with Gasteiger partial charge < -0.3 is 14.9 Å². The van der Waals surface area contributed by atoms with Gasteiger partial charge in [0.05, 0.1) is 5.69 Å². The fourth-order valence-electron chi connectivity index (χ4n) is 1.76. The number of carboxylic acid groups (broad SMARTS) is 1. The van der Waals surface area contributed by atoms with Crippen LogP contribution in [0.3, 0.4) is 0 Å². The van der Waals surface area contributed by atoms with Crippen LogP contribution < -0.4 is 5.32 Å². The zero-order valence-corrected chi connectivity index (χ0v) is 9.74. The van der Waals surface area contributed by atoms with E-state index in [-0.39, 0.29) is 6.54 Å². The Balaban J connectivity index is 2.00. The molecule has 2 N–H and O–H groups in total. The van der Waals surface area contributed by atoms with Crippen LogP contribution in [0.25, 0.3) is 0 Å². The first kappa shape index (κ1) is 11.6. The molecule has 0 aromatic carbocycles. The van der Waals surface area contributed by atoms with Gasteiger partial charge in [-0.3, -0.25) is 9.59 Å². The van der Waals surface area contributed by atoms with Crippen LogP contribution in [0.5, 0.6) is 0 Å². The quantitative estimate of drug-likeness (QED) is 0.756. The van der Waals surface area contributed by atoms with E-state index in [0.29, 0.717) is 24.3 Å². The van der Waals surface area contributed by atoms with Crippen molar-refractivity contribution in [2.75, 3.05) is 0 Å². The van der Waals surface area contributed by atoms with Crippen molar-refractivity contribution < 1.29 is 19.2 Å². The van der Waals surface area contributed by atoms with Crippen LogP contribution >= 0.6 is 0 Å². The molecule has 0 unspecified atom stereocenters. The molecule has 1 aromatic rings. The highest BCUT2D eigenvalue weighted by molar-refractivity contribution is 6.04. The van der Waals surface area contributed by atoms with E-state index in [1.165, 1.54) is 0 Å². The van der Waals surface area contributed by atoms with Gasteiger partial charge in [0.25, 0.3) is 0 Å².